The quantitative estimate of drug-likeness (QED) is 0.405. The lowest BCUT2D eigenvalue weighted by Gasteiger charge is -2.24. The highest BCUT2D eigenvalue weighted by Gasteiger charge is 2.19. The lowest BCUT2D eigenvalue weighted by Crippen LogP contribution is -2.38. The van der Waals surface area contributed by atoms with Gasteiger partial charge in [0.25, 0.3) is 0 Å². The van der Waals surface area contributed by atoms with Crippen LogP contribution in [0.25, 0.3) is 0 Å². The number of furan rings is 1. The average molecular weight is 417 g/mol. The highest BCUT2D eigenvalue weighted by atomic mass is 32.1. The molecule has 0 saturated heterocycles. The smallest absolute Gasteiger partial charge is 0.234 e. The molecule has 1 N–H and O–H groups in total. The largest absolute Gasteiger partial charge is 0.468 e. The molecule has 0 unspecified atom stereocenters. The van der Waals surface area contributed by atoms with Gasteiger partial charge in [0.2, 0.25) is 5.91 Å². The van der Waals surface area contributed by atoms with Gasteiger partial charge in [-0.2, -0.15) is 0 Å². The predicted octanol–water partition coefficient (Wildman–Crippen LogP) is 5.25. The zero-order valence-corrected chi connectivity index (χ0v) is 17.4. The van der Waals surface area contributed by atoms with Gasteiger partial charge in [0.05, 0.1) is 25.4 Å². The molecule has 2 aromatic carbocycles. The van der Waals surface area contributed by atoms with E-state index >= 15 is 0 Å². The van der Waals surface area contributed by atoms with E-state index in [1.807, 2.05) is 78.9 Å². The Balaban J connectivity index is 1.50. The molecule has 30 heavy (non-hydrogen) atoms. The van der Waals surface area contributed by atoms with Gasteiger partial charge in [0.1, 0.15) is 5.76 Å². The van der Waals surface area contributed by atoms with Crippen LogP contribution in [0.4, 0.5) is 0 Å². The van der Waals surface area contributed by atoms with Gasteiger partial charge < -0.3 is 9.73 Å². The number of hydrogen-bond acceptors (Lipinski definition) is 4. The van der Waals surface area contributed by atoms with E-state index in [9.17, 15) is 4.79 Å². The molecular formula is C25H24N2O2S. The van der Waals surface area contributed by atoms with Gasteiger partial charge in [0, 0.05) is 11.4 Å². The molecule has 0 aliphatic rings. The molecule has 2 heterocycles. The van der Waals surface area contributed by atoms with Gasteiger partial charge in [-0.3, -0.25) is 9.69 Å². The van der Waals surface area contributed by atoms with Gasteiger partial charge in [-0.05, 0) is 34.7 Å². The van der Waals surface area contributed by atoms with E-state index in [2.05, 4.69) is 21.7 Å². The molecule has 0 atom stereocenters. The van der Waals surface area contributed by atoms with Crippen LogP contribution in [-0.4, -0.2) is 17.4 Å². The van der Waals surface area contributed by atoms with Crippen molar-refractivity contribution in [3.8, 4) is 0 Å². The first kappa shape index (κ1) is 20.1. The predicted molar refractivity (Wildman–Crippen MR) is 120 cm³/mol. The summed E-state index contributed by atoms with van der Waals surface area (Å²) in [7, 11) is 0. The minimum atomic E-state index is -0.188. The third-order valence-electron chi connectivity index (χ3n) is 4.86. The second-order valence-corrected chi connectivity index (χ2v) is 8.16. The minimum Gasteiger partial charge on any atom is -0.468 e. The lowest BCUT2D eigenvalue weighted by molar-refractivity contribution is -0.123. The van der Waals surface area contributed by atoms with Gasteiger partial charge in [-0.15, -0.1) is 11.3 Å². The van der Waals surface area contributed by atoms with Crippen molar-refractivity contribution in [3.05, 3.63) is 118 Å². The number of carbonyl (C=O) groups excluding carboxylic acids is 1. The van der Waals surface area contributed by atoms with Crippen molar-refractivity contribution in [2.45, 2.75) is 19.1 Å². The monoisotopic (exact) mass is 416 g/mol. The summed E-state index contributed by atoms with van der Waals surface area (Å²) >= 11 is 1.69. The van der Waals surface area contributed by atoms with Crippen LogP contribution < -0.4 is 5.32 Å². The molecule has 1 amide bonds. The van der Waals surface area contributed by atoms with E-state index in [-0.39, 0.29) is 18.5 Å². The first-order chi connectivity index (χ1) is 14.8. The number of benzene rings is 2. The minimum absolute atomic E-state index is 0.0178. The molecule has 0 aliphatic carbocycles. The number of thiophene rings is 1. The maximum atomic E-state index is 13.1. The van der Waals surface area contributed by atoms with Crippen LogP contribution in [0.1, 0.15) is 27.8 Å². The molecule has 4 aromatic rings. The zero-order chi connectivity index (χ0) is 20.6. The molecule has 152 valence electrons. The van der Waals surface area contributed by atoms with Gasteiger partial charge in [-0.25, -0.2) is 0 Å². The van der Waals surface area contributed by atoms with Crippen LogP contribution in [0.5, 0.6) is 0 Å². The molecule has 4 nitrogen and oxygen atoms in total. The molecule has 5 heteroatoms. The van der Waals surface area contributed by atoms with Crippen LogP contribution in [0.3, 0.4) is 0 Å². The fourth-order valence-electron chi connectivity index (χ4n) is 3.47. The van der Waals surface area contributed by atoms with Crippen molar-refractivity contribution >= 4 is 17.2 Å². The summed E-state index contributed by atoms with van der Waals surface area (Å²) in [6.07, 6.45) is 1.67. The summed E-state index contributed by atoms with van der Waals surface area (Å²) in [5, 5.41) is 5.29. The van der Waals surface area contributed by atoms with E-state index < -0.39 is 0 Å². The Morgan fingerprint density at radius 3 is 2.13 bits per heavy atom. The summed E-state index contributed by atoms with van der Waals surface area (Å²) < 4.78 is 5.51. The second-order valence-electron chi connectivity index (χ2n) is 7.13. The third kappa shape index (κ3) is 5.47. The molecule has 0 spiro atoms. The summed E-state index contributed by atoms with van der Waals surface area (Å²) in [4.78, 5) is 16.4. The Bertz CT molecular complexity index is 940. The van der Waals surface area contributed by atoms with E-state index in [1.54, 1.807) is 17.6 Å². The maximum Gasteiger partial charge on any atom is 0.234 e. The maximum absolute atomic E-state index is 13.1. The van der Waals surface area contributed by atoms with E-state index in [4.69, 9.17) is 4.42 Å². The van der Waals surface area contributed by atoms with E-state index in [0.29, 0.717) is 13.1 Å². The summed E-state index contributed by atoms with van der Waals surface area (Å²) in [5.41, 5.74) is 2.13. The Kier molecular flexibility index (Phi) is 6.75. The van der Waals surface area contributed by atoms with Crippen molar-refractivity contribution in [2.24, 2.45) is 0 Å². The number of nitrogens with zero attached hydrogens (tertiary/aromatic N) is 1. The first-order valence-electron chi connectivity index (χ1n) is 9.94. The lowest BCUT2D eigenvalue weighted by atomic mass is 9.99. The highest BCUT2D eigenvalue weighted by Crippen LogP contribution is 2.22. The van der Waals surface area contributed by atoms with Crippen LogP contribution in [0.15, 0.2) is 101 Å². The Morgan fingerprint density at radius 1 is 0.867 bits per heavy atom. The number of rotatable bonds is 9. The molecule has 0 radical (unpaired) electrons. The average Bonchev–Trinajstić information content (AvgIpc) is 3.48. The SMILES string of the molecule is O=C(CN(Cc1ccco1)Cc1cccs1)NC(c1ccccc1)c1ccccc1. The van der Waals surface area contributed by atoms with Gasteiger partial charge in [-0.1, -0.05) is 66.7 Å². The van der Waals surface area contributed by atoms with Crippen molar-refractivity contribution in [3.63, 3.8) is 0 Å². The Labute approximate surface area is 180 Å². The van der Waals surface area contributed by atoms with Crippen LogP contribution >= 0.6 is 11.3 Å². The molecule has 0 saturated carbocycles. The number of hydrogen-bond donors (Lipinski definition) is 1. The van der Waals surface area contributed by atoms with Gasteiger partial charge in [0.15, 0.2) is 0 Å². The fraction of sp³-hybridized carbons (Fsp3) is 0.160. The fourth-order valence-corrected chi connectivity index (χ4v) is 4.22. The Morgan fingerprint density at radius 2 is 1.57 bits per heavy atom. The summed E-state index contributed by atoms with van der Waals surface area (Å²) in [6.45, 7) is 1.57. The molecule has 0 fully saturated rings. The normalized spacial score (nSPS) is 11.1. The van der Waals surface area contributed by atoms with Gasteiger partial charge >= 0.3 is 0 Å². The van der Waals surface area contributed by atoms with Crippen molar-refractivity contribution in [2.75, 3.05) is 6.54 Å². The van der Waals surface area contributed by atoms with E-state index in [1.165, 1.54) is 4.88 Å². The number of nitrogens with one attached hydrogen (secondary N) is 1. The standard InChI is InChI=1S/C25H24N2O2S/c28-24(19-27(17-22-13-7-15-29-22)18-23-14-8-16-30-23)26-25(20-9-3-1-4-10-20)21-11-5-2-6-12-21/h1-16,25H,17-19H2,(H,26,28). The van der Waals surface area contributed by atoms with Crippen LogP contribution in [0, 0.1) is 0 Å². The van der Waals surface area contributed by atoms with Crippen molar-refractivity contribution in [1.82, 2.24) is 10.2 Å². The van der Waals surface area contributed by atoms with Crippen LogP contribution in [0.2, 0.25) is 0 Å². The molecule has 0 bridgehead atoms. The topological polar surface area (TPSA) is 45.5 Å². The summed E-state index contributed by atoms with van der Waals surface area (Å²) in [5.74, 6) is 0.831. The first-order valence-corrected chi connectivity index (χ1v) is 10.8. The van der Waals surface area contributed by atoms with Crippen LogP contribution in [-0.2, 0) is 17.9 Å². The van der Waals surface area contributed by atoms with E-state index in [0.717, 1.165) is 16.9 Å². The van der Waals surface area contributed by atoms with Crippen molar-refractivity contribution in [1.29, 1.82) is 0 Å². The number of amides is 1. The van der Waals surface area contributed by atoms with Crippen molar-refractivity contribution < 1.29 is 9.21 Å². The molecule has 2 aromatic heterocycles. The zero-order valence-electron chi connectivity index (χ0n) is 16.6. The highest BCUT2D eigenvalue weighted by molar-refractivity contribution is 7.09. The summed E-state index contributed by atoms with van der Waals surface area (Å²) in [6, 6.07) is 27.9. The molecule has 4 rings (SSSR count). The Hall–Kier alpha value is -3.15. The third-order valence-corrected chi connectivity index (χ3v) is 5.72. The second kappa shape index (κ2) is 10.1. The molecule has 0 aliphatic heterocycles. The molecular weight excluding hydrogens is 392 g/mol. The number of carbonyl (C=O) groups is 1.